The number of amides is 3. The molecule has 0 aromatic heterocycles. The topological polar surface area (TPSA) is 114 Å². The molecule has 206 valence electrons. The number of carbonyl (C=O) groups excluding carboxylic acids is 3. The molecule has 0 spiro atoms. The Kier molecular flexibility index (Phi) is 10.3. The minimum atomic E-state index is -0.841. The first-order valence-corrected chi connectivity index (χ1v) is 13.6. The van der Waals surface area contributed by atoms with Gasteiger partial charge in [-0.3, -0.25) is 9.69 Å². The van der Waals surface area contributed by atoms with Gasteiger partial charge in [-0.25, -0.2) is 9.59 Å². The highest BCUT2D eigenvalue weighted by Crippen LogP contribution is 2.30. The number of benzene rings is 1. The number of piperazine rings is 1. The molecular weight excluding hydrogens is 519 g/mol. The fraction of sp³-hybridized carbons (Fsp3) is 0.654. The number of nitrogens with two attached hydrogens (primary N) is 1. The first-order valence-electron chi connectivity index (χ1n) is 12.8. The lowest BCUT2D eigenvalue weighted by atomic mass is 9.83. The van der Waals surface area contributed by atoms with E-state index in [4.69, 9.17) is 38.4 Å². The summed E-state index contributed by atoms with van der Waals surface area (Å²) in [4.78, 5) is 41.5. The van der Waals surface area contributed by atoms with E-state index in [1.54, 1.807) is 43.9 Å². The van der Waals surface area contributed by atoms with Crippen LogP contribution < -0.4 is 11.1 Å². The van der Waals surface area contributed by atoms with E-state index in [0.717, 1.165) is 25.7 Å². The van der Waals surface area contributed by atoms with Gasteiger partial charge in [0.25, 0.3) is 0 Å². The van der Waals surface area contributed by atoms with E-state index in [2.05, 4.69) is 10.2 Å². The smallest absolute Gasteiger partial charge is 0.408 e. The number of primary amides is 1. The zero-order valence-electron chi connectivity index (χ0n) is 21.8. The Morgan fingerprint density at radius 3 is 2.41 bits per heavy atom. The Morgan fingerprint density at radius 1 is 1.11 bits per heavy atom. The van der Waals surface area contributed by atoms with Gasteiger partial charge >= 0.3 is 12.2 Å². The van der Waals surface area contributed by atoms with Crippen molar-refractivity contribution >= 4 is 41.3 Å². The minimum Gasteiger partial charge on any atom is -0.449 e. The molecule has 3 rings (SSSR count). The summed E-state index contributed by atoms with van der Waals surface area (Å²) >= 11 is 12.4. The molecule has 2 aliphatic rings. The fourth-order valence-electron chi connectivity index (χ4n) is 5.10. The van der Waals surface area contributed by atoms with E-state index in [1.807, 2.05) is 0 Å². The van der Waals surface area contributed by atoms with Crippen molar-refractivity contribution in [2.75, 3.05) is 32.8 Å². The van der Waals surface area contributed by atoms with Gasteiger partial charge in [-0.15, -0.1) is 0 Å². The molecule has 37 heavy (non-hydrogen) atoms. The van der Waals surface area contributed by atoms with E-state index in [-0.39, 0.29) is 24.3 Å². The molecule has 1 aromatic rings. The summed E-state index contributed by atoms with van der Waals surface area (Å²) in [6.45, 7) is 8.08. The lowest BCUT2D eigenvalue weighted by molar-refractivity contribution is -0.136. The molecule has 1 aliphatic heterocycles. The molecule has 9 nitrogen and oxygen atoms in total. The molecule has 2 unspecified atom stereocenters. The predicted octanol–water partition coefficient (Wildman–Crippen LogP) is 4.23. The number of carbonyl (C=O) groups is 3. The van der Waals surface area contributed by atoms with Crippen LogP contribution in [-0.4, -0.2) is 78.4 Å². The van der Waals surface area contributed by atoms with Crippen molar-refractivity contribution in [3.8, 4) is 0 Å². The molecule has 1 saturated heterocycles. The normalized spacial score (nSPS) is 21.7. The van der Waals surface area contributed by atoms with Crippen LogP contribution in [0.5, 0.6) is 0 Å². The molecule has 1 aliphatic carbocycles. The molecule has 0 radical (unpaired) electrons. The first kappa shape index (κ1) is 29.3. The van der Waals surface area contributed by atoms with Crippen LogP contribution in [0.1, 0.15) is 52.0 Å². The molecule has 2 fully saturated rings. The van der Waals surface area contributed by atoms with Gasteiger partial charge in [0.15, 0.2) is 0 Å². The highest BCUT2D eigenvalue weighted by molar-refractivity contribution is 6.35. The lowest BCUT2D eigenvalue weighted by Gasteiger charge is -2.44. The molecule has 3 N–H and O–H groups in total. The summed E-state index contributed by atoms with van der Waals surface area (Å²) < 4.78 is 10.5. The van der Waals surface area contributed by atoms with Gasteiger partial charge in [-0.2, -0.15) is 0 Å². The fourth-order valence-corrected chi connectivity index (χ4v) is 5.59. The average molecular weight is 558 g/mol. The van der Waals surface area contributed by atoms with Crippen LogP contribution in [0, 0.1) is 5.92 Å². The van der Waals surface area contributed by atoms with Crippen molar-refractivity contribution in [3.05, 3.63) is 33.8 Å². The third-order valence-electron chi connectivity index (χ3n) is 6.83. The summed E-state index contributed by atoms with van der Waals surface area (Å²) in [6.07, 6.45) is 3.05. The molecule has 1 heterocycles. The van der Waals surface area contributed by atoms with Crippen LogP contribution in [0.15, 0.2) is 18.2 Å². The van der Waals surface area contributed by atoms with E-state index in [0.29, 0.717) is 48.4 Å². The molecule has 0 bridgehead atoms. The summed E-state index contributed by atoms with van der Waals surface area (Å²) in [6, 6.07) is 4.53. The number of hydrogen-bond donors (Lipinski definition) is 2. The van der Waals surface area contributed by atoms with Crippen molar-refractivity contribution in [1.82, 2.24) is 15.1 Å². The number of alkyl carbamates (subject to hydrolysis) is 1. The quantitative estimate of drug-likeness (QED) is 0.519. The summed E-state index contributed by atoms with van der Waals surface area (Å²) in [5.41, 5.74) is 5.19. The molecule has 3 atom stereocenters. The summed E-state index contributed by atoms with van der Waals surface area (Å²) in [7, 11) is 0. The van der Waals surface area contributed by atoms with Crippen molar-refractivity contribution in [2.24, 2.45) is 11.7 Å². The van der Waals surface area contributed by atoms with Gasteiger partial charge in [-0.1, -0.05) is 42.1 Å². The number of nitrogens with one attached hydrogen (secondary N) is 1. The van der Waals surface area contributed by atoms with Gasteiger partial charge in [-0.05, 0) is 51.3 Å². The van der Waals surface area contributed by atoms with Gasteiger partial charge in [0, 0.05) is 54.6 Å². The van der Waals surface area contributed by atoms with Crippen LogP contribution in [0.25, 0.3) is 0 Å². The largest absolute Gasteiger partial charge is 0.449 e. The Bertz CT molecular complexity index is 963. The SMILES string of the molecule is CC(C)(C)OC(=O)NC(Cc1ccc(Cl)cc1Cl)C(=O)N1CCN([C@@H]2CCCCC2COC(N)=O)CC1. The third-order valence-corrected chi connectivity index (χ3v) is 7.42. The van der Waals surface area contributed by atoms with Crippen molar-refractivity contribution in [1.29, 1.82) is 0 Å². The van der Waals surface area contributed by atoms with Crippen molar-refractivity contribution < 1.29 is 23.9 Å². The molecule has 1 saturated carbocycles. The maximum absolute atomic E-state index is 13.6. The van der Waals surface area contributed by atoms with Gasteiger partial charge in [0.2, 0.25) is 5.91 Å². The highest BCUT2D eigenvalue weighted by Gasteiger charge is 2.35. The number of rotatable bonds is 7. The summed E-state index contributed by atoms with van der Waals surface area (Å²) in [5, 5.41) is 3.68. The Balaban J connectivity index is 1.67. The van der Waals surface area contributed by atoms with E-state index >= 15 is 0 Å². The van der Waals surface area contributed by atoms with Crippen LogP contribution in [-0.2, 0) is 20.7 Å². The third kappa shape index (κ3) is 8.93. The highest BCUT2D eigenvalue weighted by atomic mass is 35.5. The Hall–Kier alpha value is -2.23. The zero-order chi connectivity index (χ0) is 27.2. The second kappa shape index (κ2) is 13.0. The van der Waals surface area contributed by atoms with Gasteiger partial charge in [0.05, 0.1) is 6.61 Å². The second-order valence-electron chi connectivity index (χ2n) is 10.7. The summed E-state index contributed by atoms with van der Waals surface area (Å²) in [5.74, 6) is 0.0471. The van der Waals surface area contributed by atoms with Crippen LogP contribution >= 0.6 is 23.2 Å². The second-order valence-corrected chi connectivity index (χ2v) is 11.6. The first-order chi connectivity index (χ1) is 17.4. The van der Waals surface area contributed by atoms with Crippen LogP contribution in [0.4, 0.5) is 9.59 Å². The standard InChI is InChI=1S/C26H38Cl2N4O5/c1-26(2,3)37-25(35)30-21(14-17-8-9-19(27)15-20(17)28)23(33)32-12-10-31(11-13-32)22-7-5-4-6-18(22)16-36-24(29)34/h8-9,15,18,21-22H,4-7,10-14,16H2,1-3H3,(H2,29,34)(H,30,35)/t18?,21?,22-/m1/s1. The Morgan fingerprint density at radius 2 is 1.78 bits per heavy atom. The van der Waals surface area contributed by atoms with Gasteiger partial charge in [0.1, 0.15) is 11.6 Å². The average Bonchev–Trinajstić information content (AvgIpc) is 2.82. The van der Waals surface area contributed by atoms with Crippen LogP contribution in [0.3, 0.4) is 0 Å². The molecule has 11 heteroatoms. The van der Waals surface area contributed by atoms with Gasteiger partial charge < -0.3 is 25.4 Å². The minimum absolute atomic E-state index is 0.186. The van der Waals surface area contributed by atoms with E-state index in [1.165, 1.54) is 0 Å². The monoisotopic (exact) mass is 556 g/mol. The number of hydrogen-bond acceptors (Lipinski definition) is 6. The number of nitrogens with zero attached hydrogens (tertiary/aromatic N) is 2. The Labute approximate surface area is 228 Å². The molecule has 3 amide bonds. The number of halogens is 2. The zero-order valence-corrected chi connectivity index (χ0v) is 23.3. The maximum Gasteiger partial charge on any atom is 0.408 e. The lowest BCUT2D eigenvalue weighted by Crippen LogP contribution is -2.58. The van der Waals surface area contributed by atoms with E-state index < -0.39 is 23.8 Å². The van der Waals surface area contributed by atoms with Crippen LogP contribution in [0.2, 0.25) is 10.0 Å². The van der Waals surface area contributed by atoms with Crippen molar-refractivity contribution in [2.45, 2.75) is 70.6 Å². The number of ether oxygens (including phenoxy) is 2. The molecular formula is C26H38Cl2N4O5. The maximum atomic E-state index is 13.6. The van der Waals surface area contributed by atoms with Crippen molar-refractivity contribution in [3.63, 3.8) is 0 Å². The van der Waals surface area contributed by atoms with E-state index in [9.17, 15) is 14.4 Å². The predicted molar refractivity (Wildman–Crippen MR) is 143 cm³/mol. The molecule has 1 aromatic carbocycles.